The molecule has 2 N–H and O–H groups in total. The van der Waals surface area contributed by atoms with E-state index >= 15 is 0 Å². The van der Waals surface area contributed by atoms with E-state index in [-0.39, 0.29) is 11.8 Å². The first-order valence-corrected chi connectivity index (χ1v) is 9.95. The van der Waals surface area contributed by atoms with Crippen molar-refractivity contribution < 1.29 is 18.7 Å². The Kier molecular flexibility index (Phi) is 6.84. The fraction of sp³-hybridized carbons (Fsp3) is 0.400. The highest BCUT2D eigenvalue weighted by Crippen LogP contribution is 2.38. The lowest BCUT2D eigenvalue weighted by Crippen LogP contribution is -2.27. The summed E-state index contributed by atoms with van der Waals surface area (Å²) in [6, 6.07) is 3.53. The Bertz CT molecular complexity index is 808. The van der Waals surface area contributed by atoms with Gasteiger partial charge in [0.05, 0.1) is 11.8 Å². The summed E-state index contributed by atoms with van der Waals surface area (Å²) in [5, 5.41) is 6.44. The molecular weight excluding hydrogens is 364 g/mol. The number of carbonyl (C=O) groups is 2. The van der Waals surface area contributed by atoms with E-state index in [2.05, 4.69) is 10.6 Å². The van der Waals surface area contributed by atoms with Gasteiger partial charge in [-0.15, -0.1) is 11.3 Å². The highest BCUT2D eigenvalue weighted by Gasteiger charge is 2.25. The monoisotopic (exact) mass is 388 g/mol. The predicted molar refractivity (Wildman–Crippen MR) is 106 cm³/mol. The van der Waals surface area contributed by atoms with Gasteiger partial charge in [0.1, 0.15) is 10.8 Å². The summed E-state index contributed by atoms with van der Waals surface area (Å²) in [5.41, 5.74) is 1.70. The quantitative estimate of drug-likeness (QED) is 0.534. The van der Waals surface area contributed by atoms with Crippen molar-refractivity contribution in [1.29, 1.82) is 0 Å². The number of carbonyl (C=O) groups excluding carboxylic acids is 2. The number of fused-ring (bicyclic) bond motifs is 1. The van der Waals surface area contributed by atoms with E-state index in [1.165, 1.54) is 22.3 Å². The zero-order valence-electron chi connectivity index (χ0n) is 15.4. The van der Waals surface area contributed by atoms with Gasteiger partial charge in [-0.05, 0) is 55.9 Å². The number of anilines is 1. The minimum Gasteiger partial charge on any atom is -0.465 e. The van der Waals surface area contributed by atoms with E-state index in [1.807, 2.05) is 0 Å². The van der Waals surface area contributed by atoms with Crippen LogP contribution < -0.4 is 10.6 Å². The first-order chi connectivity index (χ1) is 13.2. The van der Waals surface area contributed by atoms with Gasteiger partial charge in [0.25, 0.3) is 5.91 Å². The second-order valence-corrected chi connectivity index (χ2v) is 7.46. The fourth-order valence-electron chi connectivity index (χ4n) is 3.10. The summed E-state index contributed by atoms with van der Waals surface area (Å²) in [6.07, 6.45) is 9.35. The molecule has 2 heterocycles. The van der Waals surface area contributed by atoms with Gasteiger partial charge in [-0.2, -0.15) is 0 Å². The minimum absolute atomic E-state index is 0.129. The fourth-order valence-corrected chi connectivity index (χ4v) is 4.39. The lowest BCUT2D eigenvalue weighted by atomic mass is 9.95. The molecule has 1 aliphatic carbocycles. The molecule has 3 rings (SSSR count). The maximum Gasteiger partial charge on any atom is 0.254 e. The smallest absolute Gasteiger partial charge is 0.254 e. The van der Waals surface area contributed by atoms with Crippen LogP contribution in [-0.2, 0) is 22.4 Å². The van der Waals surface area contributed by atoms with Crippen molar-refractivity contribution in [2.45, 2.75) is 32.1 Å². The van der Waals surface area contributed by atoms with Gasteiger partial charge < -0.3 is 19.8 Å². The molecule has 0 aromatic carbocycles. The molecule has 1 aliphatic rings. The molecule has 2 amide bonds. The zero-order chi connectivity index (χ0) is 19.1. The average Bonchev–Trinajstić information content (AvgIpc) is 3.30. The molecule has 0 saturated carbocycles. The van der Waals surface area contributed by atoms with Gasteiger partial charge in [0, 0.05) is 31.2 Å². The lowest BCUT2D eigenvalue weighted by Gasteiger charge is -2.13. The number of hydrogen-bond donors (Lipinski definition) is 2. The Hall–Kier alpha value is -2.38. The topological polar surface area (TPSA) is 80.6 Å². The average molecular weight is 388 g/mol. The third-order valence-corrected chi connectivity index (χ3v) is 5.60. The van der Waals surface area contributed by atoms with Crippen molar-refractivity contribution in [3.8, 4) is 0 Å². The summed E-state index contributed by atoms with van der Waals surface area (Å²) in [4.78, 5) is 26.3. The van der Waals surface area contributed by atoms with Crippen LogP contribution in [0.3, 0.4) is 0 Å². The number of hydrogen-bond acceptors (Lipinski definition) is 5. The second kappa shape index (κ2) is 9.53. The molecule has 7 heteroatoms. The molecular formula is C20H24N2O4S. The Labute approximate surface area is 162 Å². The van der Waals surface area contributed by atoms with E-state index < -0.39 is 0 Å². The molecule has 0 fully saturated rings. The summed E-state index contributed by atoms with van der Waals surface area (Å²) < 4.78 is 10.2. The number of amides is 2. The SMILES string of the molecule is COCCCNC(=O)c1c(NC(=O)/C=C/c2ccco2)sc2c1CCCC2. The molecule has 0 radical (unpaired) electrons. The Morgan fingerprint density at radius 1 is 1.33 bits per heavy atom. The number of nitrogens with one attached hydrogen (secondary N) is 2. The highest BCUT2D eigenvalue weighted by atomic mass is 32.1. The number of aryl methyl sites for hydroxylation is 1. The van der Waals surface area contributed by atoms with Crippen LogP contribution in [0.5, 0.6) is 0 Å². The molecule has 2 aromatic heterocycles. The van der Waals surface area contributed by atoms with Gasteiger partial charge >= 0.3 is 0 Å². The summed E-state index contributed by atoms with van der Waals surface area (Å²) >= 11 is 1.51. The van der Waals surface area contributed by atoms with Crippen LogP contribution in [0.15, 0.2) is 28.9 Å². The molecule has 27 heavy (non-hydrogen) atoms. The molecule has 0 bridgehead atoms. The third kappa shape index (κ3) is 5.08. The lowest BCUT2D eigenvalue weighted by molar-refractivity contribution is -0.111. The largest absolute Gasteiger partial charge is 0.465 e. The first-order valence-electron chi connectivity index (χ1n) is 9.13. The molecule has 0 atom stereocenters. The highest BCUT2D eigenvalue weighted by molar-refractivity contribution is 7.17. The number of furan rings is 1. The Morgan fingerprint density at radius 3 is 2.96 bits per heavy atom. The molecule has 0 aliphatic heterocycles. The van der Waals surface area contributed by atoms with Crippen LogP contribution in [0.4, 0.5) is 5.00 Å². The van der Waals surface area contributed by atoms with E-state index in [0.29, 0.717) is 29.5 Å². The van der Waals surface area contributed by atoms with Crippen molar-refractivity contribution in [3.05, 3.63) is 46.2 Å². The van der Waals surface area contributed by atoms with E-state index in [9.17, 15) is 9.59 Å². The van der Waals surface area contributed by atoms with Crippen LogP contribution >= 0.6 is 11.3 Å². The van der Waals surface area contributed by atoms with Crippen molar-refractivity contribution in [3.63, 3.8) is 0 Å². The van der Waals surface area contributed by atoms with Crippen LogP contribution in [0.1, 0.15) is 45.8 Å². The Morgan fingerprint density at radius 2 is 2.19 bits per heavy atom. The Balaban J connectivity index is 1.74. The minimum atomic E-state index is -0.279. The van der Waals surface area contributed by atoms with Crippen molar-refractivity contribution in [2.24, 2.45) is 0 Å². The second-order valence-electron chi connectivity index (χ2n) is 6.36. The number of methoxy groups -OCH3 is 1. The van der Waals surface area contributed by atoms with Crippen LogP contribution in [0.25, 0.3) is 6.08 Å². The van der Waals surface area contributed by atoms with Crippen molar-refractivity contribution in [2.75, 3.05) is 25.6 Å². The maximum absolute atomic E-state index is 12.8. The summed E-state index contributed by atoms with van der Waals surface area (Å²) in [7, 11) is 1.64. The van der Waals surface area contributed by atoms with Crippen LogP contribution in [0.2, 0.25) is 0 Å². The number of ether oxygens (including phenoxy) is 1. The van der Waals surface area contributed by atoms with Crippen molar-refractivity contribution >= 4 is 34.2 Å². The molecule has 0 spiro atoms. The van der Waals surface area contributed by atoms with Gasteiger partial charge in [0.2, 0.25) is 5.91 Å². The first kappa shape index (κ1) is 19.4. The summed E-state index contributed by atoms with van der Waals surface area (Å²) in [6.45, 7) is 1.15. The number of thiophene rings is 1. The van der Waals surface area contributed by atoms with Crippen LogP contribution in [-0.4, -0.2) is 32.1 Å². The zero-order valence-corrected chi connectivity index (χ0v) is 16.2. The normalized spacial score (nSPS) is 13.5. The molecule has 6 nitrogen and oxygen atoms in total. The van der Waals surface area contributed by atoms with Gasteiger partial charge in [0.15, 0.2) is 0 Å². The van der Waals surface area contributed by atoms with Crippen LogP contribution in [0, 0.1) is 0 Å². The van der Waals surface area contributed by atoms with Gasteiger partial charge in [-0.1, -0.05) is 0 Å². The van der Waals surface area contributed by atoms with E-state index in [1.54, 1.807) is 31.6 Å². The summed E-state index contributed by atoms with van der Waals surface area (Å²) in [5.74, 6) is 0.195. The molecule has 144 valence electrons. The third-order valence-electron chi connectivity index (χ3n) is 4.39. The maximum atomic E-state index is 12.8. The molecule has 0 saturated heterocycles. The molecule has 0 unspecified atom stereocenters. The van der Waals surface area contributed by atoms with E-state index in [4.69, 9.17) is 9.15 Å². The van der Waals surface area contributed by atoms with Crippen molar-refractivity contribution in [1.82, 2.24) is 5.32 Å². The molecule has 2 aromatic rings. The van der Waals surface area contributed by atoms with E-state index in [0.717, 1.165) is 37.7 Å². The predicted octanol–water partition coefficient (Wildman–Crippen LogP) is 3.64. The van der Waals surface area contributed by atoms with Gasteiger partial charge in [-0.3, -0.25) is 9.59 Å². The number of rotatable bonds is 8. The standard InChI is InChI=1S/C20H24N2O4S/c1-25-12-5-11-21-19(24)18-15-7-2-3-8-16(15)27-20(18)22-17(23)10-9-14-6-4-13-26-14/h4,6,9-10,13H,2-3,5,7-8,11-12H2,1H3,(H,21,24)(H,22,23)/b10-9+. The van der Waals surface area contributed by atoms with Gasteiger partial charge in [-0.25, -0.2) is 0 Å².